The predicted octanol–water partition coefficient (Wildman–Crippen LogP) is 2.50. The van der Waals surface area contributed by atoms with Gasteiger partial charge in [0.15, 0.2) is 0 Å². The van der Waals surface area contributed by atoms with Crippen LogP contribution in [0.3, 0.4) is 0 Å². The number of hydrogen-bond donors (Lipinski definition) is 1. The summed E-state index contributed by atoms with van der Waals surface area (Å²) in [5.74, 6) is 0.421. The molecule has 2 nitrogen and oxygen atoms in total. The third-order valence-corrected chi connectivity index (χ3v) is 2.74. The molecule has 15 heavy (non-hydrogen) atoms. The van der Waals surface area contributed by atoms with E-state index in [4.69, 9.17) is 4.74 Å². The lowest BCUT2D eigenvalue weighted by Gasteiger charge is -2.31. The van der Waals surface area contributed by atoms with Gasteiger partial charge in [-0.2, -0.15) is 13.2 Å². The standard InChI is InChI=1S/C10H17F3O2/c1-7-2-3-8(14)9(6-7)15-5-4-10(11,12)13/h7-9,14H,2-6H2,1H3. The summed E-state index contributed by atoms with van der Waals surface area (Å²) in [5, 5.41) is 9.51. The smallest absolute Gasteiger partial charge is 0.390 e. The molecule has 1 saturated carbocycles. The van der Waals surface area contributed by atoms with Crippen molar-refractivity contribution in [2.24, 2.45) is 5.92 Å². The summed E-state index contributed by atoms with van der Waals surface area (Å²) in [4.78, 5) is 0. The summed E-state index contributed by atoms with van der Waals surface area (Å²) in [6, 6.07) is 0. The van der Waals surface area contributed by atoms with Crippen LogP contribution in [-0.2, 0) is 4.74 Å². The number of rotatable bonds is 3. The molecule has 0 heterocycles. The highest BCUT2D eigenvalue weighted by Gasteiger charge is 2.30. The minimum atomic E-state index is -4.18. The SMILES string of the molecule is CC1CCC(O)C(OCCC(F)(F)F)C1. The van der Waals surface area contributed by atoms with Crippen molar-refractivity contribution in [1.29, 1.82) is 0 Å². The zero-order valence-electron chi connectivity index (χ0n) is 8.76. The van der Waals surface area contributed by atoms with Crippen LogP contribution in [0.4, 0.5) is 13.2 Å². The van der Waals surface area contributed by atoms with Crippen molar-refractivity contribution >= 4 is 0 Å². The fraction of sp³-hybridized carbons (Fsp3) is 1.00. The van der Waals surface area contributed by atoms with Crippen molar-refractivity contribution in [3.63, 3.8) is 0 Å². The largest absolute Gasteiger partial charge is 0.391 e. The number of halogens is 3. The molecule has 1 N–H and O–H groups in total. The summed E-state index contributed by atoms with van der Waals surface area (Å²) >= 11 is 0. The summed E-state index contributed by atoms with van der Waals surface area (Å²) in [5.41, 5.74) is 0. The number of hydrogen-bond acceptors (Lipinski definition) is 2. The fourth-order valence-electron chi connectivity index (χ4n) is 1.82. The van der Waals surface area contributed by atoms with Crippen LogP contribution in [0.15, 0.2) is 0 Å². The molecular weight excluding hydrogens is 209 g/mol. The first-order chi connectivity index (χ1) is 6.88. The van der Waals surface area contributed by atoms with Crippen LogP contribution >= 0.6 is 0 Å². The topological polar surface area (TPSA) is 29.5 Å². The van der Waals surface area contributed by atoms with Crippen molar-refractivity contribution in [3.8, 4) is 0 Å². The lowest BCUT2D eigenvalue weighted by Crippen LogP contribution is -2.36. The molecule has 0 aliphatic heterocycles. The van der Waals surface area contributed by atoms with Crippen LogP contribution in [-0.4, -0.2) is 30.1 Å². The predicted molar refractivity (Wildman–Crippen MR) is 49.4 cm³/mol. The van der Waals surface area contributed by atoms with Crippen molar-refractivity contribution in [2.75, 3.05) is 6.61 Å². The third-order valence-electron chi connectivity index (χ3n) is 2.74. The Morgan fingerprint density at radius 1 is 1.33 bits per heavy atom. The maximum atomic E-state index is 11.8. The molecule has 3 unspecified atom stereocenters. The molecule has 0 amide bonds. The van der Waals surface area contributed by atoms with Gasteiger partial charge in [0.1, 0.15) is 0 Å². The molecule has 1 aliphatic carbocycles. The maximum absolute atomic E-state index is 11.8. The van der Waals surface area contributed by atoms with Crippen LogP contribution in [0.5, 0.6) is 0 Å². The molecule has 1 aliphatic rings. The lowest BCUT2D eigenvalue weighted by molar-refractivity contribution is -0.157. The number of aliphatic hydroxyl groups is 1. The highest BCUT2D eigenvalue weighted by atomic mass is 19.4. The van der Waals surface area contributed by atoms with E-state index in [1.807, 2.05) is 6.92 Å². The van der Waals surface area contributed by atoms with Crippen molar-refractivity contribution in [2.45, 2.75) is 51.0 Å². The summed E-state index contributed by atoms with van der Waals surface area (Å²) in [6.45, 7) is 1.67. The van der Waals surface area contributed by atoms with E-state index in [0.29, 0.717) is 18.8 Å². The number of aliphatic hydroxyl groups excluding tert-OH is 1. The van der Waals surface area contributed by atoms with Gasteiger partial charge in [-0.05, 0) is 25.2 Å². The van der Waals surface area contributed by atoms with Crippen LogP contribution in [0.25, 0.3) is 0 Å². The molecule has 0 aromatic rings. The summed E-state index contributed by atoms with van der Waals surface area (Å²) < 4.78 is 40.6. The van der Waals surface area contributed by atoms with Gasteiger partial charge in [-0.3, -0.25) is 0 Å². The molecule has 1 rings (SSSR count). The molecule has 0 aromatic heterocycles. The first-order valence-corrected chi connectivity index (χ1v) is 5.25. The van der Waals surface area contributed by atoms with E-state index in [1.165, 1.54) is 0 Å². The first-order valence-electron chi connectivity index (χ1n) is 5.25. The monoisotopic (exact) mass is 226 g/mol. The second-order valence-electron chi connectivity index (χ2n) is 4.26. The van der Waals surface area contributed by atoms with Gasteiger partial charge in [-0.1, -0.05) is 6.92 Å². The van der Waals surface area contributed by atoms with Crippen molar-refractivity contribution in [3.05, 3.63) is 0 Å². The van der Waals surface area contributed by atoms with Crippen LogP contribution in [0.1, 0.15) is 32.6 Å². The lowest BCUT2D eigenvalue weighted by atomic mass is 9.86. The van der Waals surface area contributed by atoms with Crippen LogP contribution < -0.4 is 0 Å². The van der Waals surface area contributed by atoms with Crippen LogP contribution in [0, 0.1) is 5.92 Å². The van der Waals surface area contributed by atoms with Gasteiger partial charge < -0.3 is 9.84 Å². The van der Waals surface area contributed by atoms with Gasteiger partial charge in [0.2, 0.25) is 0 Å². The Bertz CT molecular complexity index is 194. The van der Waals surface area contributed by atoms with E-state index in [9.17, 15) is 18.3 Å². The van der Waals surface area contributed by atoms with E-state index in [2.05, 4.69) is 0 Å². The second-order valence-corrected chi connectivity index (χ2v) is 4.26. The molecule has 0 radical (unpaired) electrons. The molecule has 0 aromatic carbocycles. The van der Waals surface area contributed by atoms with Gasteiger partial charge in [0.05, 0.1) is 25.2 Å². The van der Waals surface area contributed by atoms with E-state index in [-0.39, 0.29) is 6.61 Å². The van der Waals surface area contributed by atoms with E-state index in [1.54, 1.807) is 0 Å². The van der Waals surface area contributed by atoms with Gasteiger partial charge in [0, 0.05) is 0 Å². The Morgan fingerprint density at radius 3 is 2.60 bits per heavy atom. The third kappa shape index (κ3) is 4.84. The van der Waals surface area contributed by atoms with E-state index < -0.39 is 24.8 Å². The summed E-state index contributed by atoms with van der Waals surface area (Å²) in [6.07, 6.45) is -3.95. The Balaban J connectivity index is 2.24. The quantitative estimate of drug-likeness (QED) is 0.801. The fourth-order valence-corrected chi connectivity index (χ4v) is 1.82. The average Bonchev–Trinajstić information content (AvgIpc) is 2.09. The van der Waals surface area contributed by atoms with E-state index >= 15 is 0 Å². The minimum Gasteiger partial charge on any atom is -0.390 e. The van der Waals surface area contributed by atoms with Gasteiger partial charge in [-0.15, -0.1) is 0 Å². The van der Waals surface area contributed by atoms with Crippen molar-refractivity contribution in [1.82, 2.24) is 0 Å². The number of alkyl halides is 3. The summed E-state index contributed by atoms with van der Waals surface area (Å²) in [7, 11) is 0. The zero-order chi connectivity index (χ0) is 11.5. The molecule has 5 heteroatoms. The van der Waals surface area contributed by atoms with E-state index in [0.717, 1.165) is 6.42 Å². The van der Waals surface area contributed by atoms with Gasteiger partial charge in [0.25, 0.3) is 0 Å². The zero-order valence-corrected chi connectivity index (χ0v) is 8.76. The minimum absolute atomic E-state index is 0.349. The second kappa shape index (κ2) is 5.16. The Hall–Kier alpha value is -0.290. The molecule has 90 valence electrons. The van der Waals surface area contributed by atoms with Gasteiger partial charge in [-0.25, -0.2) is 0 Å². The molecule has 0 bridgehead atoms. The number of ether oxygens (including phenoxy) is 1. The van der Waals surface area contributed by atoms with Crippen LogP contribution in [0.2, 0.25) is 0 Å². The molecule has 3 atom stereocenters. The molecule has 0 spiro atoms. The highest BCUT2D eigenvalue weighted by Crippen LogP contribution is 2.27. The average molecular weight is 226 g/mol. The highest BCUT2D eigenvalue weighted by molar-refractivity contribution is 4.78. The van der Waals surface area contributed by atoms with Gasteiger partial charge >= 0.3 is 6.18 Å². The molecular formula is C10H17F3O2. The Labute approximate surface area is 87.4 Å². The molecule has 0 saturated heterocycles. The molecule has 1 fully saturated rings. The Kier molecular flexibility index (Phi) is 4.40. The van der Waals surface area contributed by atoms with Crippen molar-refractivity contribution < 1.29 is 23.0 Å². The first kappa shape index (κ1) is 12.8. The maximum Gasteiger partial charge on any atom is 0.391 e. The normalized spacial score (nSPS) is 33.0. The Morgan fingerprint density at radius 2 is 2.00 bits per heavy atom.